The summed E-state index contributed by atoms with van der Waals surface area (Å²) in [6.07, 6.45) is 0.393. The minimum absolute atomic E-state index is 0.0239. The monoisotopic (exact) mass is 235 g/mol. The van der Waals surface area contributed by atoms with E-state index in [9.17, 15) is 8.42 Å². The number of nitrogens with two attached hydrogens (primary N) is 1. The summed E-state index contributed by atoms with van der Waals surface area (Å²) in [6, 6.07) is 4.19. The minimum Gasteiger partial charge on any atom is -0.396 e. The highest BCUT2D eigenvalue weighted by molar-refractivity contribution is 7.89. The highest BCUT2D eigenvalue weighted by atomic mass is 35.5. The molecular weight excluding hydrogens is 226 g/mol. The molecule has 0 amide bonds. The zero-order valence-corrected chi connectivity index (χ0v) is 8.85. The average Bonchev–Trinajstić information content (AvgIpc) is 2.07. The number of sulfonamides is 1. The Kier molecular flexibility index (Phi) is 3.49. The predicted octanol–water partition coefficient (Wildman–Crippen LogP) is 0.522. The highest BCUT2D eigenvalue weighted by Crippen LogP contribution is 2.20. The Morgan fingerprint density at radius 1 is 1.43 bits per heavy atom. The second-order valence-corrected chi connectivity index (χ2v) is 4.74. The van der Waals surface area contributed by atoms with E-state index in [1.54, 1.807) is 0 Å². The zero-order chi connectivity index (χ0) is 10.8. The van der Waals surface area contributed by atoms with Crippen LogP contribution in [0.4, 0.5) is 0 Å². The molecule has 0 fully saturated rings. The molecule has 0 saturated heterocycles. The van der Waals surface area contributed by atoms with Crippen molar-refractivity contribution >= 4 is 21.6 Å². The lowest BCUT2D eigenvalue weighted by atomic mass is 10.2. The van der Waals surface area contributed by atoms with Crippen molar-refractivity contribution in [1.82, 2.24) is 0 Å². The van der Waals surface area contributed by atoms with Crippen molar-refractivity contribution in [3.05, 3.63) is 28.8 Å². The van der Waals surface area contributed by atoms with E-state index in [0.29, 0.717) is 17.0 Å². The van der Waals surface area contributed by atoms with Crippen molar-refractivity contribution in [3.63, 3.8) is 0 Å². The number of aliphatic hydroxyl groups excluding tert-OH is 1. The molecule has 0 aromatic heterocycles. The normalized spacial score (nSPS) is 11.6. The summed E-state index contributed by atoms with van der Waals surface area (Å²) in [7, 11) is -3.70. The Morgan fingerprint density at radius 3 is 2.50 bits per heavy atom. The number of primary sulfonamides is 1. The van der Waals surface area contributed by atoms with Gasteiger partial charge >= 0.3 is 0 Å². The van der Waals surface area contributed by atoms with Gasteiger partial charge in [0.1, 0.15) is 0 Å². The van der Waals surface area contributed by atoms with Crippen LogP contribution in [0.2, 0.25) is 5.02 Å². The molecule has 0 atom stereocenters. The van der Waals surface area contributed by atoms with Crippen LogP contribution in [0, 0.1) is 0 Å². The van der Waals surface area contributed by atoms with Gasteiger partial charge in [0.05, 0.1) is 4.90 Å². The van der Waals surface area contributed by atoms with Gasteiger partial charge in [-0.2, -0.15) is 0 Å². The van der Waals surface area contributed by atoms with E-state index >= 15 is 0 Å². The molecule has 3 N–H and O–H groups in total. The van der Waals surface area contributed by atoms with Gasteiger partial charge in [-0.25, -0.2) is 13.6 Å². The topological polar surface area (TPSA) is 80.4 Å². The molecule has 4 nitrogen and oxygen atoms in total. The van der Waals surface area contributed by atoms with Gasteiger partial charge in [-0.05, 0) is 24.1 Å². The van der Waals surface area contributed by atoms with Crippen molar-refractivity contribution in [3.8, 4) is 0 Å². The van der Waals surface area contributed by atoms with Crippen LogP contribution in [0.1, 0.15) is 5.56 Å². The molecule has 14 heavy (non-hydrogen) atoms. The van der Waals surface area contributed by atoms with E-state index in [2.05, 4.69) is 0 Å². The molecule has 6 heteroatoms. The molecular formula is C8H10ClNO3S. The van der Waals surface area contributed by atoms with Gasteiger partial charge in [-0.3, -0.25) is 0 Å². The molecule has 1 aromatic carbocycles. The van der Waals surface area contributed by atoms with E-state index in [4.69, 9.17) is 21.8 Å². The zero-order valence-electron chi connectivity index (χ0n) is 7.27. The standard InChI is InChI=1S/C8H10ClNO3S/c9-8-5-7(14(10,12)13)2-1-6(8)3-4-11/h1-2,5,11H,3-4H2,(H2,10,12,13). The van der Waals surface area contributed by atoms with Crippen molar-refractivity contribution in [2.24, 2.45) is 5.14 Å². The van der Waals surface area contributed by atoms with E-state index in [1.807, 2.05) is 0 Å². The highest BCUT2D eigenvalue weighted by Gasteiger charge is 2.09. The van der Waals surface area contributed by atoms with Crippen LogP contribution < -0.4 is 5.14 Å². The Balaban J connectivity index is 3.13. The first-order chi connectivity index (χ1) is 6.45. The molecule has 0 spiro atoms. The SMILES string of the molecule is NS(=O)(=O)c1ccc(CCO)c(Cl)c1. The quantitative estimate of drug-likeness (QED) is 0.802. The van der Waals surface area contributed by atoms with Crippen LogP contribution in [0.3, 0.4) is 0 Å². The lowest BCUT2D eigenvalue weighted by Gasteiger charge is -2.04. The number of hydrogen-bond acceptors (Lipinski definition) is 3. The third-order valence-electron chi connectivity index (χ3n) is 1.73. The smallest absolute Gasteiger partial charge is 0.238 e. The average molecular weight is 236 g/mol. The van der Waals surface area contributed by atoms with Crippen molar-refractivity contribution in [1.29, 1.82) is 0 Å². The second kappa shape index (κ2) is 4.27. The van der Waals surface area contributed by atoms with Crippen LogP contribution in [0.5, 0.6) is 0 Å². The number of rotatable bonds is 3. The molecule has 0 radical (unpaired) electrons. The van der Waals surface area contributed by atoms with Crippen LogP contribution in [-0.2, 0) is 16.4 Å². The number of halogens is 1. The molecule has 1 rings (SSSR count). The molecule has 0 saturated carbocycles. The van der Waals surface area contributed by atoms with Gasteiger partial charge in [0.2, 0.25) is 10.0 Å². The van der Waals surface area contributed by atoms with Crippen molar-refractivity contribution in [2.75, 3.05) is 6.61 Å². The molecule has 0 aliphatic rings. The van der Waals surface area contributed by atoms with Gasteiger partial charge in [-0.15, -0.1) is 0 Å². The Labute approximate surface area is 87.4 Å². The van der Waals surface area contributed by atoms with Gasteiger partial charge in [0.15, 0.2) is 0 Å². The number of benzene rings is 1. The summed E-state index contributed by atoms with van der Waals surface area (Å²) in [4.78, 5) is -0.0239. The second-order valence-electron chi connectivity index (χ2n) is 2.77. The van der Waals surface area contributed by atoms with E-state index < -0.39 is 10.0 Å². The fraction of sp³-hybridized carbons (Fsp3) is 0.250. The minimum atomic E-state index is -3.70. The van der Waals surface area contributed by atoms with E-state index in [-0.39, 0.29) is 11.5 Å². The number of hydrogen-bond donors (Lipinski definition) is 2. The summed E-state index contributed by atoms with van der Waals surface area (Å²) < 4.78 is 21.8. The first-order valence-electron chi connectivity index (χ1n) is 3.87. The first kappa shape index (κ1) is 11.5. The lowest BCUT2D eigenvalue weighted by molar-refractivity contribution is 0.299. The summed E-state index contributed by atoms with van der Waals surface area (Å²) in [5.74, 6) is 0. The van der Waals surface area contributed by atoms with Crippen LogP contribution in [0.25, 0.3) is 0 Å². The van der Waals surface area contributed by atoms with Crippen LogP contribution in [0.15, 0.2) is 23.1 Å². The Bertz CT molecular complexity index is 430. The van der Waals surface area contributed by atoms with Crippen LogP contribution in [-0.4, -0.2) is 20.1 Å². The van der Waals surface area contributed by atoms with Gasteiger partial charge in [0, 0.05) is 11.6 Å². The van der Waals surface area contributed by atoms with Crippen LogP contribution >= 0.6 is 11.6 Å². The summed E-state index contributed by atoms with van der Waals surface area (Å²) in [5, 5.41) is 13.9. The third kappa shape index (κ3) is 2.68. The predicted molar refractivity (Wildman–Crippen MR) is 53.6 cm³/mol. The molecule has 0 bridgehead atoms. The largest absolute Gasteiger partial charge is 0.396 e. The summed E-state index contributed by atoms with van der Waals surface area (Å²) >= 11 is 5.78. The molecule has 1 aromatic rings. The van der Waals surface area contributed by atoms with Gasteiger partial charge in [0.25, 0.3) is 0 Å². The summed E-state index contributed by atoms with van der Waals surface area (Å²) in [6.45, 7) is -0.0333. The third-order valence-corrected chi connectivity index (χ3v) is 3.00. The van der Waals surface area contributed by atoms with Crippen molar-refractivity contribution < 1.29 is 13.5 Å². The maximum Gasteiger partial charge on any atom is 0.238 e. The molecule has 0 aliphatic carbocycles. The van der Waals surface area contributed by atoms with Gasteiger partial charge < -0.3 is 5.11 Å². The molecule has 0 unspecified atom stereocenters. The molecule has 78 valence electrons. The molecule has 0 heterocycles. The van der Waals surface area contributed by atoms with Crippen molar-refractivity contribution in [2.45, 2.75) is 11.3 Å². The fourth-order valence-electron chi connectivity index (χ4n) is 1.03. The van der Waals surface area contributed by atoms with Gasteiger partial charge in [-0.1, -0.05) is 17.7 Å². The Morgan fingerprint density at radius 2 is 2.07 bits per heavy atom. The first-order valence-corrected chi connectivity index (χ1v) is 5.79. The van der Waals surface area contributed by atoms with E-state index in [0.717, 1.165) is 0 Å². The van der Waals surface area contributed by atoms with E-state index in [1.165, 1.54) is 18.2 Å². The fourth-order valence-corrected chi connectivity index (χ4v) is 1.91. The lowest BCUT2D eigenvalue weighted by Crippen LogP contribution is -2.12. The number of aliphatic hydroxyl groups is 1. The maximum atomic E-state index is 10.9. The summed E-state index contributed by atoms with van der Waals surface area (Å²) in [5.41, 5.74) is 0.696. The maximum absolute atomic E-state index is 10.9. The Hall–Kier alpha value is -0.620. The molecule has 0 aliphatic heterocycles.